The van der Waals surface area contributed by atoms with Gasteiger partial charge in [-0.05, 0) is 56.3 Å². The highest BCUT2D eigenvalue weighted by molar-refractivity contribution is 8.00. The number of nitrogens with one attached hydrogen (secondary N) is 1. The average Bonchev–Trinajstić information content (AvgIpc) is 3.38. The van der Waals surface area contributed by atoms with Gasteiger partial charge in [-0.1, -0.05) is 35.9 Å². The van der Waals surface area contributed by atoms with Crippen LogP contribution in [0.15, 0.2) is 82.1 Å². The lowest BCUT2D eigenvalue weighted by molar-refractivity contribution is -0.113. The Kier molecular flexibility index (Phi) is 7.78. The number of rotatable bonds is 8. The van der Waals surface area contributed by atoms with Crippen molar-refractivity contribution in [2.75, 3.05) is 11.1 Å². The molecule has 36 heavy (non-hydrogen) atoms. The minimum atomic E-state index is -0.766. The molecule has 0 unspecified atom stereocenters. The third-order valence-corrected chi connectivity index (χ3v) is 6.15. The van der Waals surface area contributed by atoms with Crippen molar-refractivity contribution in [3.05, 3.63) is 95.4 Å². The van der Waals surface area contributed by atoms with Crippen LogP contribution in [0, 0.1) is 18.3 Å². The van der Waals surface area contributed by atoms with Gasteiger partial charge in [0.1, 0.15) is 0 Å². The average molecular weight is 499 g/mol. The maximum Gasteiger partial charge on any atom is 0.340 e. The smallest absolute Gasteiger partial charge is 0.340 e. The summed E-state index contributed by atoms with van der Waals surface area (Å²) >= 11 is 1.21. The van der Waals surface area contributed by atoms with Gasteiger partial charge in [0.2, 0.25) is 11.8 Å². The van der Waals surface area contributed by atoms with E-state index in [2.05, 4.69) is 15.5 Å². The predicted molar refractivity (Wildman–Crippen MR) is 135 cm³/mol. The van der Waals surface area contributed by atoms with Crippen LogP contribution in [0.25, 0.3) is 11.5 Å². The number of aromatic nitrogens is 2. The second kappa shape index (κ2) is 11.3. The maximum atomic E-state index is 12.9. The zero-order valence-electron chi connectivity index (χ0n) is 19.6. The maximum absolute atomic E-state index is 12.9. The summed E-state index contributed by atoms with van der Waals surface area (Å²) in [5.41, 5.74) is 3.16. The fourth-order valence-electron chi connectivity index (χ4n) is 3.34. The highest BCUT2D eigenvalue weighted by Gasteiger charge is 2.22. The van der Waals surface area contributed by atoms with Crippen molar-refractivity contribution in [2.24, 2.45) is 0 Å². The summed E-state index contributed by atoms with van der Waals surface area (Å²) in [4.78, 5) is 25.9. The number of esters is 1. The molecule has 0 aliphatic heterocycles. The lowest BCUT2D eigenvalue weighted by Crippen LogP contribution is -2.15. The highest BCUT2D eigenvalue weighted by Crippen LogP contribution is 2.27. The van der Waals surface area contributed by atoms with Crippen molar-refractivity contribution in [3.63, 3.8) is 0 Å². The van der Waals surface area contributed by atoms with E-state index in [0.717, 1.165) is 11.1 Å². The molecule has 4 rings (SSSR count). The van der Waals surface area contributed by atoms with Crippen LogP contribution in [0.4, 0.5) is 5.69 Å². The van der Waals surface area contributed by atoms with Gasteiger partial charge < -0.3 is 14.5 Å². The molecule has 0 radical (unpaired) electrons. The number of nitrogens with zero attached hydrogens (tertiary/aromatic N) is 3. The van der Waals surface area contributed by atoms with Crippen molar-refractivity contribution in [1.82, 2.24) is 10.2 Å². The van der Waals surface area contributed by atoms with Gasteiger partial charge in [-0.25, -0.2) is 4.79 Å². The van der Waals surface area contributed by atoms with Gasteiger partial charge in [0.05, 0.1) is 22.9 Å². The number of carbonyl (C=O) groups excluding carboxylic acids is 2. The van der Waals surface area contributed by atoms with Gasteiger partial charge in [0.15, 0.2) is 6.10 Å². The number of carbonyl (C=O) groups is 2. The minimum Gasteiger partial charge on any atom is -0.449 e. The van der Waals surface area contributed by atoms with E-state index < -0.39 is 12.1 Å². The van der Waals surface area contributed by atoms with Crippen molar-refractivity contribution >= 4 is 29.3 Å². The number of thioether (sulfide) groups is 1. The highest BCUT2D eigenvalue weighted by atomic mass is 32.2. The van der Waals surface area contributed by atoms with E-state index in [9.17, 15) is 9.59 Å². The Morgan fingerprint density at radius 3 is 2.69 bits per heavy atom. The molecule has 8 nitrogen and oxygen atoms in total. The zero-order valence-corrected chi connectivity index (χ0v) is 20.4. The zero-order chi connectivity index (χ0) is 25.5. The van der Waals surface area contributed by atoms with Crippen LogP contribution in [0.1, 0.15) is 40.4 Å². The van der Waals surface area contributed by atoms with Crippen molar-refractivity contribution < 1.29 is 18.7 Å². The van der Waals surface area contributed by atoms with Crippen LogP contribution in [0.3, 0.4) is 0 Å². The molecule has 0 saturated heterocycles. The van der Waals surface area contributed by atoms with E-state index in [1.165, 1.54) is 11.8 Å². The molecule has 1 heterocycles. The molecule has 1 aromatic heterocycles. The summed E-state index contributed by atoms with van der Waals surface area (Å²) in [5, 5.41) is 19.9. The SMILES string of the molecule is Cc1cccc(-c2nnc([C@H](C)OC(=O)c3ccccc3SCC(=O)Nc3cccc(C#N)c3)o2)c1. The number of amides is 1. The number of aryl methyl sites for hydroxylation is 1. The number of benzene rings is 3. The molecule has 1 atom stereocenters. The Morgan fingerprint density at radius 2 is 1.89 bits per heavy atom. The first-order valence-electron chi connectivity index (χ1n) is 11.1. The Morgan fingerprint density at radius 1 is 1.08 bits per heavy atom. The molecule has 180 valence electrons. The summed E-state index contributed by atoms with van der Waals surface area (Å²) in [5.74, 6) is -0.229. The summed E-state index contributed by atoms with van der Waals surface area (Å²) in [6.45, 7) is 3.63. The van der Waals surface area contributed by atoms with Crippen LogP contribution < -0.4 is 5.32 Å². The molecular formula is C27H22N4O4S. The number of nitriles is 1. The second-order valence-corrected chi connectivity index (χ2v) is 8.91. The number of anilines is 1. The van der Waals surface area contributed by atoms with Gasteiger partial charge in [-0.15, -0.1) is 22.0 Å². The van der Waals surface area contributed by atoms with Crippen LogP contribution in [-0.2, 0) is 9.53 Å². The Hall–Kier alpha value is -4.42. The monoisotopic (exact) mass is 498 g/mol. The molecule has 0 bridgehead atoms. The molecule has 0 aliphatic rings. The summed E-state index contributed by atoms with van der Waals surface area (Å²) in [6.07, 6.45) is -0.766. The van der Waals surface area contributed by atoms with Gasteiger partial charge >= 0.3 is 5.97 Å². The molecule has 4 aromatic rings. The Balaban J connectivity index is 1.39. The molecule has 9 heteroatoms. The third-order valence-electron chi connectivity index (χ3n) is 5.08. The van der Waals surface area contributed by atoms with E-state index in [4.69, 9.17) is 14.4 Å². The second-order valence-electron chi connectivity index (χ2n) is 7.89. The van der Waals surface area contributed by atoms with Gasteiger partial charge in [-0.2, -0.15) is 5.26 Å². The van der Waals surface area contributed by atoms with Gasteiger partial charge in [0.25, 0.3) is 5.89 Å². The van der Waals surface area contributed by atoms with E-state index >= 15 is 0 Å². The quantitative estimate of drug-likeness (QED) is 0.248. The molecule has 1 N–H and O–H groups in total. The molecular weight excluding hydrogens is 476 g/mol. The van der Waals surface area contributed by atoms with E-state index in [0.29, 0.717) is 27.6 Å². The van der Waals surface area contributed by atoms with Crippen molar-refractivity contribution in [1.29, 1.82) is 5.26 Å². The van der Waals surface area contributed by atoms with Crippen LogP contribution in [0.2, 0.25) is 0 Å². The first-order chi connectivity index (χ1) is 17.4. The minimum absolute atomic E-state index is 0.0696. The largest absolute Gasteiger partial charge is 0.449 e. The van der Waals surface area contributed by atoms with E-state index in [1.807, 2.05) is 37.3 Å². The normalized spacial score (nSPS) is 11.4. The van der Waals surface area contributed by atoms with E-state index in [-0.39, 0.29) is 17.6 Å². The molecule has 0 aliphatic carbocycles. The predicted octanol–water partition coefficient (Wildman–Crippen LogP) is 5.57. The molecule has 0 spiro atoms. The van der Waals surface area contributed by atoms with Crippen LogP contribution >= 0.6 is 11.8 Å². The lowest BCUT2D eigenvalue weighted by Gasteiger charge is -2.12. The van der Waals surface area contributed by atoms with Crippen LogP contribution in [-0.4, -0.2) is 27.8 Å². The van der Waals surface area contributed by atoms with Crippen molar-refractivity contribution in [3.8, 4) is 17.5 Å². The van der Waals surface area contributed by atoms with E-state index in [1.54, 1.807) is 55.5 Å². The fraction of sp³-hybridized carbons (Fsp3) is 0.148. The van der Waals surface area contributed by atoms with Gasteiger partial charge in [0, 0.05) is 16.1 Å². The van der Waals surface area contributed by atoms with Gasteiger partial charge in [-0.3, -0.25) is 4.79 Å². The first kappa shape index (κ1) is 24.7. The van der Waals surface area contributed by atoms with Crippen LogP contribution in [0.5, 0.6) is 0 Å². The molecule has 0 saturated carbocycles. The number of hydrogen-bond acceptors (Lipinski definition) is 8. The lowest BCUT2D eigenvalue weighted by atomic mass is 10.1. The standard InChI is InChI=1S/C27H22N4O4S/c1-17-7-5-9-20(13-17)26-31-30-25(35-26)18(2)34-27(33)22-11-3-4-12-23(22)36-16-24(32)29-21-10-6-8-19(14-21)15-28/h3-14,18H,16H2,1-2H3,(H,29,32)/t18-/m0/s1. The molecule has 1 amide bonds. The number of ether oxygens (including phenoxy) is 1. The number of hydrogen-bond donors (Lipinski definition) is 1. The summed E-state index contributed by atoms with van der Waals surface area (Å²) in [7, 11) is 0. The first-order valence-corrected chi connectivity index (χ1v) is 12.0. The molecule has 3 aromatic carbocycles. The molecule has 0 fully saturated rings. The third kappa shape index (κ3) is 6.17. The summed E-state index contributed by atoms with van der Waals surface area (Å²) < 4.78 is 11.3. The fourth-order valence-corrected chi connectivity index (χ4v) is 4.18. The van der Waals surface area contributed by atoms with Crippen molar-refractivity contribution in [2.45, 2.75) is 24.8 Å². The Labute approximate surface area is 212 Å². The topological polar surface area (TPSA) is 118 Å². The Bertz CT molecular complexity index is 1440. The summed E-state index contributed by atoms with van der Waals surface area (Å²) in [6, 6.07) is 23.2.